The summed E-state index contributed by atoms with van der Waals surface area (Å²) in [6, 6.07) is 0. The number of halogens is 3. The van der Waals surface area contributed by atoms with Crippen molar-refractivity contribution in [1.29, 1.82) is 0 Å². The number of ether oxygens (including phenoxy) is 1. The number of rotatable bonds is 7. The number of esters is 1. The van der Waals surface area contributed by atoms with Gasteiger partial charge in [-0.1, -0.05) is 26.3 Å². The Hall–Kier alpha value is -1.53. The second-order valence-electron chi connectivity index (χ2n) is 4.14. The second-order valence-corrected chi connectivity index (χ2v) is 4.14. The first kappa shape index (κ1) is 17.5. The lowest BCUT2D eigenvalue weighted by Gasteiger charge is -2.20. The highest BCUT2D eigenvalue weighted by atomic mass is 19.4. The number of carbonyl (C=O) groups is 2. The Morgan fingerprint density at radius 1 is 1.32 bits per heavy atom. The molecule has 1 N–H and O–H groups in total. The normalized spacial score (nSPS) is 12.7. The smallest absolute Gasteiger partial charge is 0.438 e. The molecular weight excluding hydrogens is 263 g/mol. The van der Waals surface area contributed by atoms with Gasteiger partial charge in [-0.25, -0.2) is 4.79 Å². The van der Waals surface area contributed by atoms with Crippen LogP contribution in [0.2, 0.25) is 0 Å². The zero-order chi connectivity index (χ0) is 15.1. The summed E-state index contributed by atoms with van der Waals surface area (Å²) in [4.78, 5) is 22.1. The Morgan fingerprint density at radius 3 is 2.32 bits per heavy atom. The largest absolute Gasteiger partial charge is 0.471 e. The third-order valence-electron chi connectivity index (χ3n) is 2.22. The third kappa shape index (κ3) is 7.48. The molecular formula is C12H18F3NO3. The number of alkyl halides is 3. The summed E-state index contributed by atoms with van der Waals surface area (Å²) in [5.74, 6) is -2.95. The van der Waals surface area contributed by atoms with Gasteiger partial charge in [0.25, 0.3) is 0 Å². The number of nitrogens with one attached hydrogen (secondary N) is 1. The quantitative estimate of drug-likeness (QED) is 0.338. The first-order chi connectivity index (χ1) is 8.68. The minimum absolute atomic E-state index is 0.0572. The second kappa shape index (κ2) is 7.81. The van der Waals surface area contributed by atoms with E-state index >= 15 is 0 Å². The van der Waals surface area contributed by atoms with Crippen LogP contribution in [0.4, 0.5) is 13.2 Å². The van der Waals surface area contributed by atoms with E-state index in [0.29, 0.717) is 6.42 Å². The number of hydrogen-bond acceptors (Lipinski definition) is 3. The molecule has 7 heteroatoms. The van der Waals surface area contributed by atoms with Gasteiger partial charge >= 0.3 is 18.1 Å². The van der Waals surface area contributed by atoms with Crippen LogP contribution in [0.5, 0.6) is 0 Å². The molecule has 0 saturated carbocycles. The van der Waals surface area contributed by atoms with Crippen LogP contribution < -0.4 is 5.32 Å². The molecule has 0 aliphatic rings. The molecule has 110 valence electrons. The first-order valence-corrected chi connectivity index (χ1v) is 5.92. The zero-order valence-corrected chi connectivity index (χ0v) is 11.0. The van der Waals surface area contributed by atoms with Crippen molar-refractivity contribution in [2.75, 3.05) is 0 Å². The molecule has 0 aliphatic heterocycles. The summed E-state index contributed by atoms with van der Waals surface area (Å²) in [7, 11) is 0. The van der Waals surface area contributed by atoms with Crippen LogP contribution in [0, 0.1) is 0 Å². The third-order valence-corrected chi connectivity index (χ3v) is 2.22. The molecule has 0 radical (unpaired) electrons. The van der Waals surface area contributed by atoms with Gasteiger partial charge < -0.3 is 10.1 Å². The molecule has 1 amide bonds. The van der Waals surface area contributed by atoms with Crippen LogP contribution >= 0.6 is 0 Å². The lowest BCUT2D eigenvalue weighted by Crippen LogP contribution is -2.45. The highest BCUT2D eigenvalue weighted by Gasteiger charge is 2.40. The fourth-order valence-corrected chi connectivity index (χ4v) is 1.20. The predicted octanol–water partition coefficient (Wildman–Crippen LogP) is 2.69. The first-order valence-electron chi connectivity index (χ1n) is 5.92. The van der Waals surface area contributed by atoms with E-state index in [1.54, 1.807) is 5.32 Å². The van der Waals surface area contributed by atoms with Gasteiger partial charge in [-0.05, 0) is 13.3 Å². The molecule has 0 saturated heterocycles. The van der Waals surface area contributed by atoms with Gasteiger partial charge in [-0.15, -0.1) is 0 Å². The molecule has 1 atom stereocenters. The highest BCUT2D eigenvalue weighted by Crippen LogP contribution is 2.16. The fourth-order valence-electron chi connectivity index (χ4n) is 1.20. The number of unbranched alkanes of at least 4 members (excludes halogenated alkanes) is 2. The maximum absolute atomic E-state index is 12.1. The topological polar surface area (TPSA) is 55.4 Å². The van der Waals surface area contributed by atoms with Crippen LogP contribution in [0.1, 0.15) is 39.5 Å². The Labute approximate surface area is 110 Å². The molecule has 0 fully saturated rings. The van der Waals surface area contributed by atoms with Crippen molar-refractivity contribution >= 4 is 11.9 Å². The molecule has 19 heavy (non-hydrogen) atoms. The average molecular weight is 281 g/mol. The van der Waals surface area contributed by atoms with Gasteiger partial charge in [-0.3, -0.25) is 4.79 Å². The maximum atomic E-state index is 12.1. The fraction of sp³-hybridized carbons (Fsp3) is 0.667. The van der Waals surface area contributed by atoms with Gasteiger partial charge in [0.2, 0.25) is 0 Å². The monoisotopic (exact) mass is 281 g/mol. The number of carbonyl (C=O) groups excluding carboxylic acids is 2. The molecule has 4 nitrogen and oxygen atoms in total. The minimum atomic E-state index is -5.00. The van der Waals surface area contributed by atoms with Crippen molar-refractivity contribution in [3.8, 4) is 0 Å². The van der Waals surface area contributed by atoms with Crippen LogP contribution in [0.15, 0.2) is 12.2 Å². The standard InChI is InChI=1S/C12H18F3NO3/c1-4-5-6-7-9(19-10(17)8(2)3)16-11(18)12(13,14)15/h9H,2,4-7H2,1,3H3,(H,16,18). The van der Waals surface area contributed by atoms with E-state index in [2.05, 4.69) is 6.58 Å². The molecule has 0 bridgehead atoms. The zero-order valence-electron chi connectivity index (χ0n) is 11.0. The minimum Gasteiger partial charge on any atom is -0.438 e. The van der Waals surface area contributed by atoms with E-state index in [9.17, 15) is 22.8 Å². The Balaban J connectivity index is 4.53. The molecule has 0 aromatic heterocycles. The Morgan fingerprint density at radius 2 is 1.89 bits per heavy atom. The van der Waals surface area contributed by atoms with Crippen molar-refractivity contribution < 1.29 is 27.5 Å². The summed E-state index contributed by atoms with van der Waals surface area (Å²) < 4.78 is 41.1. The lowest BCUT2D eigenvalue weighted by molar-refractivity contribution is -0.179. The van der Waals surface area contributed by atoms with E-state index in [0.717, 1.165) is 12.8 Å². The lowest BCUT2D eigenvalue weighted by atomic mass is 10.2. The Bertz CT molecular complexity index is 340. The molecule has 0 aromatic carbocycles. The Kier molecular flexibility index (Phi) is 7.18. The average Bonchev–Trinajstić information content (AvgIpc) is 2.27. The van der Waals surface area contributed by atoms with E-state index in [4.69, 9.17) is 4.74 Å². The summed E-state index contributed by atoms with van der Waals surface area (Å²) in [6.07, 6.45) is -3.99. The van der Waals surface area contributed by atoms with Crippen LogP contribution in [0.3, 0.4) is 0 Å². The van der Waals surface area contributed by atoms with E-state index in [1.807, 2.05) is 6.92 Å². The van der Waals surface area contributed by atoms with Gasteiger partial charge in [0.1, 0.15) is 0 Å². The van der Waals surface area contributed by atoms with E-state index in [-0.39, 0.29) is 12.0 Å². The maximum Gasteiger partial charge on any atom is 0.471 e. The number of hydrogen-bond donors (Lipinski definition) is 1. The van der Waals surface area contributed by atoms with E-state index in [1.165, 1.54) is 6.92 Å². The molecule has 0 spiro atoms. The SMILES string of the molecule is C=C(C)C(=O)OC(CCCCC)NC(=O)C(F)(F)F. The molecule has 0 aliphatic carbocycles. The molecule has 0 rings (SSSR count). The summed E-state index contributed by atoms with van der Waals surface area (Å²) in [5.41, 5.74) is 0.0572. The molecule has 0 aromatic rings. The summed E-state index contributed by atoms with van der Waals surface area (Å²) in [5, 5.41) is 1.65. The van der Waals surface area contributed by atoms with Gasteiger partial charge in [0.15, 0.2) is 6.23 Å². The molecule has 1 unspecified atom stereocenters. The summed E-state index contributed by atoms with van der Waals surface area (Å²) in [6.45, 7) is 6.61. The van der Waals surface area contributed by atoms with Crippen molar-refractivity contribution in [1.82, 2.24) is 5.32 Å². The van der Waals surface area contributed by atoms with Gasteiger partial charge in [0.05, 0.1) is 0 Å². The van der Waals surface area contributed by atoms with Gasteiger partial charge in [0, 0.05) is 12.0 Å². The van der Waals surface area contributed by atoms with Crippen molar-refractivity contribution in [3.05, 3.63) is 12.2 Å². The number of amides is 1. The highest BCUT2D eigenvalue weighted by molar-refractivity contribution is 5.87. The van der Waals surface area contributed by atoms with Crippen molar-refractivity contribution in [2.45, 2.75) is 51.9 Å². The van der Waals surface area contributed by atoms with Crippen LogP contribution in [-0.4, -0.2) is 24.3 Å². The van der Waals surface area contributed by atoms with Crippen molar-refractivity contribution in [3.63, 3.8) is 0 Å². The predicted molar refractivity (Wildman–Crippen MR) is 63.0 cm³/mol. The summed E-state index contributed by atoms with van der Waals surface area (Å²) >= 11 is 0. The van der Waals surface area contributed by atoms with Crippen LogP contribution in [-0.2, 0) is 14.3 Å². The van der Waals surface area contributed by atoms with Crippen LogP contribution in [0.25, 0.3) is 0 Å². The van der Waals surface area contributed by atoms with Crippen molar-refractivity contribution in [2.24, 2.45) is 0 Å². The van der Waals surface area contributed by atoms with E-state index < -0.39 is 24.3 Å². The van der Waals surface area contributed by atoms with Gasteiger partial charge in [-0.2, -0.15) is 13.2 Å². The molecule has 0 heterocycles.